The predicted octanol–water partition coefficient (Wildman–Crippen LogP) is 1.42. The van der Waals surface area contributed by atoms with Crippen molar-refractivity contribution in [3.8, 4) is 0 Å². The van der Waals surface area contributed by atoms with E-state index < -0.39 is 18.0 Å². The van der Waals surface area contributed by atoms with Crippen LogP contribution in [0.4, 0.5) is 20.6 Å². The number of cyclic esters (lactones) is 1. The number of aryl methyl sites for hydroxylation is 1. The molecule has 0 radical (unpaired) electrons. The minimum atomic E-state index is -0.547. The van der Waals surface area contributed by atoms with Gasteiger partial charge in [0.25, 0.3) is 0 Å². The molecule has 0 saturated carbocycles. The summed E-state index contributed by atoms with van der Waals surface area (Å²) in [6, 6.07) is 4.92. The van der Waals surface area contributed by atoms with Crippen LogP contribution in [0.25, 0.3) is 0 Å². The summed E-state index contributed by atoms with van der Waals surface area (Å²) >= 11 is 0. The van der Waals surface area contributed by atoms with Crippen molar-refractivity contribution in [3.63, 3.8) is 0 Å². The van der Waals surface area contributed by atoms with Gasteiger partial charge in [-0.2, -0.15) is 4.80 Å². The average molecular weight is 417 g/mol. The number of nitrogens with one attached hydrogen (secondary N) is 1. The topological polar surface area (TPSA) is 105 Å². The van der Waals surface area contributed by atoms with Crippen LogP contribution >= 0.6 is 0 Å². The van der Waals surface area contributed by atoms with E-state index in [1.54, 1.807) is 23.9 Å². The molecule has 2 aliphatic rings. The first kappa shape index (κ1) is 20.0. The van der Waals surface area contributed by atoms with Crippen LogP contribution in [0.15, 0.2) is 18.2 Å². The number of piperidine rings is 1. The zero-order chi connectivity index (χ0) is 21.3. The lowest BCUT2D eigenvalue weighted by Gasteiger charge is -2.33. The number of halogens is 1. The number of tetrazole rings is 1. The summed E-state index contributed by atoms with van der Waals surface area (Å²) in [4.78, 5) is 28.2. The number of aromatic nitrogens is 4. The Morgan fingerprint density at radius 1 is 1.33 bits per heavy atom. The van der Waals surface area contributed by atoms with E-state index in [0.717, 1.165) is 12.8 Å². The number of rotatable bonds is 5. The molecule has 30 heavy (non-hydrogen) atoms. The molecular formula is C19H24FN7O3. The molecule has 1 N–H and O–H groups in total. The van der Waals surface area contributed by atoms with Gasteiger partial charge in [-0.3, -0.25) is 9.69 Å². The van der Waals surface area contributed by atoms with E-state index in [1.165, 1.54) is 17.9 Å². The van der Waals surface area contributed by atoms with Crippen LogP contribution in [0, 0.1) is 12.7 Å². The van der Waals surface area contributed by atoms with Crippen LogP contribution in [0.3, 0.4) is 0 Å². The molecule has 0 aliphatic carbocycles. The second kappa shape index (κ2) is 8.25. The van der Waals surface area contributed by atoms with Gasteiger partial charge in [-0.15, -0.1) is 10.2 Å². The van der Waals surface area contributed by atoms with Gasteiger partial charge in [-0.1, -0.05) is 0 Å². The van der Waals surface area contributed by atoms with Gasteiger partial charge in [-0.25, -0.2) is 9.18 Å². The third kappa shape index (κ3) is 4.19. The number of carbonyl (C=O) groups is 2. The Bertz CT molecular complexity index is 942. The predicted molar refractivity (Wildman–Crippen MR) is 106 cm³/mol. The summed E-state index contributed by atoms with van der Waals surface area (Å²) in [6.07, 6.45) is 0.576. The SMILES string of the molecule is CC(=O)NCC1CN(c2ccc(N3CCC(n4nnc(C)n4)CC3)c(F)c2)C(=O)O1. The highest BCUT2D eigenvalue weighted by Gasteiger charge is 2.33. The van der Waals surface area contributed by atoms with Crippen LogP contribution in [-0.2, 0) is 9.53 Å². The maximum atomic E-state index is 14.9. The summed E-state index contributed by atoms with van der Waals surface area (Å²) in [7, 11) is 0. The van der Waals surface area contributed by atoms with Gasteiger partial charge < -0.3 is 15.0 Å². The standard InChI is InChI=1S/C19H24FN7O3/c1-12-22-24-27(23-12)14-5-7-25(8-6-14)18-4-3-15(9-17(18)20)26-11-16(30-19(26)29)10-21-13(2)28/h3-4,9,14,16H,5-8,10-11H2,1-2H3,(H,21,28). The Morgan fingerprint density at radius 2 is 2.10 bits per heavy atom. The molecule has 2 saturated heterocycles. The molecule has 0 bridgehead atoms. The Morgan fingerprint density at radius 3 is 2.73 bits per heavy atom. The quantitative estimate of drug-likeness (QED) is 0.784. The molecule has 3 heterocycles. The van der Waals surface area contributed by atoms with Crippen molar-refractivity contribution < 1.29 is 18.7 Å². The molecule has 1 unspecified atom stereocenters. The van der Waals surface area contributed by atoms with Crippen molar-refractivity contribution in [1.29, 1.82) is 0 Å². The van der Waals surface area contributed by atoms with Crippen molar-refractivity contribution in [2.45, 2.75) is 38.8 Å². The van der Waals surface area contributed by atoms with Crippen LogP contribution in [-0.4, -0.2) is 64.5 Å². The van der Waals surface area contributed by atoms with Crippen molar-refractivity contribution in [1.82, 2.24) is 25.5 Å². The summed E-state index contributed by atoms with van der Waals surface area (Å²) in [6.45, 7) is 5.03. The normalized spacial score (nSPS) is 19.8. The van der Waals surface area contributed by atoms with Crippen LogP contribution in [0.5, 0.6) is 0 Å². The first-order valence-corrected chi connectivity index (χ1v) is 9.94. The number of carbonyl (C=O) groups excluding carboxylic acids is 2. The molecule has 1 aromatic carbocycles. The van der Waals surface area contributed by atoms with E-state index in [4.69, 9.17) is 4.74 Å². The van der Waals surface area contributed by atoms with Gasteiger partial charge in [0.1, 0.15) is 11.9 Å². The fourth-order valence-corrected chi connectivity index (χ4v) is 3.81. The zero-order valence-corrected chi connectivity index (χ0v) is 16.9. The van der Waals surface area contributed by atoms with Crippen LogP contribution in [0.1, 0.15) is 31.6 Å². The number of ether oxygens (including phenoxy) is 1. The van der Waals surface area contributed by atoms with E-state index in [-0.39, 0.29) is 25.0 Å². The Hall–Kier alpha value is -3.24. The highest BCUT2D eigenvalue weighted by atomic mass is 19.1. The summed E-state index contributed by atoms with van der Waals surface area (Å²) in [5.74, 6) is 0.0519. The van der Waals surface area contributed by atoms with Gasteiger partial charge in [0.15, 0.2) is 5.82 Å². The fourth-order valence-electron chi connectivity index (χ4n) is 3.81. The number of hydrogen-bond acceptors (Lipinski definition) is 7. The van der Waals surface area contributed by atoms with Gasteiger partial charge in [0.05, 0.1) is 30.5 Å². The molecule has 2 amide bonds. The van der Waals surface area contributed by atoms with E-state index in [1.807, 2.05) is 4.90 Å². The van der Waals surface area contributed by atoms with Crippen LogP contribution < -0.4 is 15.1 Å². The highest BCUT2D eigenvalue weighted by Crippen LogP contribution is 2.31. The molecule has 11 heteroatoms. The van der Waals surface area contributed by atoms with E-state index in [0.29, 0.717) is 30.3 Å². The van der Waals surface area contributed by atoms with E-state index in [2.05, 4.69) is 20.7 Å². The lowest BCUT2D eigenvalue weighted by Crippen LogP contribution is -2.36. The van der Waals surface area contributed by atoms with Crippen molar-refractivity contribution in [3.05, 3.63) is 29.8 Å². The van der Waals surface area contributed by atoms with Crippen LogP contribution in [0.2, 0.25) is 0 Å². The number of hydrogen-bond donors (Lipinski definition) is 1. The molecule has 2 aliphatic heterocycles. The maximum Gasteiger partial charge on any atom is 0.414 e. The van der Waals surface area contributed by atoms with Gasteiger partial charge in [0, 0.05) is 20.0 Å². The molecule has 1 aromatic heterocycles. The number of amides is 2. The molecule has 2 aromatic rings. The van der Waals surface area contributed by atoms with E-state index >= 15 is 0 Å². The molecule has 10 nitrogen and oxygen atoms in total. The highest BCUT2D eigenvalue weighted by molar-refractivity contribution is 5.90. The molecule has 4 rings (SSSR count). The second-order valence-electron chi connectivity index (χ2n) is 7.56. The van der Waals surface area contributed by atoms with Crippen molar-refractivity contribution >= 4 is 23.4 Å². The Balaban J connectivity index is 1.39. The summed E-state index contributed by atoms with van der Waals surface area (Å²) in [5, 5.41) is 14.9. The summed E-state index contributed by atoms with van der Waals surface area (Å²) in [5.41, 5.74) is 0.936. The monoisotopic (exact) mass is 417 g/mol. The average Bonchev–Trinajstić information content (AvgIpc) is 3.32. The minimum absolute atomic E-state index is 0.157. The van der Waals surface area contributed by atoms with E-state index in [9.17, 15) is 14.0 Å². The largest absolute Gasteiger partial charge is 0.442 e. The lowest BCUT2D eigenvalue weighted by atomic mass is 10.0. The third-order valence-electron chi connectivity index (χ3n) is 5.36. The molecule has 0 spiro atoms. The minimum Gasteiger partial charge on any atom is -0.442 e. The maximum absolute atomic E-state index is 14.9. The molecular weight excluding hydrogens is 393 g/mol. The van der Waals surface area contributed by atoms with Crippen molar-refractivity contribution in [2.75, 3.05) is 36.0 Å². The molecule has 2 fully saturated rings. The van der Waals surface area contributed by atoms with Crippen molar-refractivity contribution in [2.24, 2.45) is 0 Å². The first-order valence-electron chi connectivity index (χ1n) is 9.94. The van der Waals surface area contributed by atoms with Gasteiger partial charge in [-0.05, 0) is 43.2 Å². The lowest BCUT2D eigenvalue weighted by molar-refractivity contribution is -0.119. The number of benzene rings is 1. The Labute approximate surface area is 173 Å². The second-order valence-corrected chi connectivity index (χ2v) is 7.56. The van der Waals surface area contributed by atoms with Gasteiger partial charge in [0.2, 0.25) is 5.91 Å². The fraction of sp³-hybridized carbons (Fsp3) is 0.526. The third-order valence-corrected chi connectivity index (χ3v) is 5.36. The first-order chi connectivity index (χ1) is 14.4. The zero-order valence-electron chi connectivity index (χ0n) is 16.9. The molecule has 1 atom stereocenters. The molecule has 160 valence electrons. The number of nitrogens with zero attached hydrogens (tertiary/aromatic N) is 6. The number of anilines is 2. The summed E-state index contributed by atoms with van der Waals surface area (Å²) < 4.78 is 20.1. The van der Waals surface area contributed by atoms with Gasteiger partial charge >= 0.3 is 6.09 Å². The Kier molecular flexibility index (Phi) is 5.51. The smallest absolute Gasteiger partial charge is 0.414 e.